The summed E-state index contributed by atoms with van der Waals surface area (Å²) in [5, 5.41) is 6.12. The van der Waals surface area contributed by atoms with Gasteiger partial charge in [-0.15, -0.1) is 0 Å². The average Bonchev–Trinajstić information content (AvgIpc) is 3.09. The number of rotatable bonds is 3. The molecule has 2 N–H and O–H groups in total. The van der Waals surface area contributed by atoms with Crippen LogP contribution in [0.2, 0.25) is 0 Å². The standard InChI is InChI=1S/C20H30N2O/c1-13(18-12-14-5-6-15(18)11-14)21-19(23)22-17-9-7-16(8-10-17)20(2,3)4/h7-10,13-15,18H,5-6,11-12H2,1-4H3,(H2,21,22,23). The molecule has 2 amide bonds. The molecule has 3 heteroatoms. The quantitative estimate of drug-likeness (QED) is 0.816. The molecule has 1 aromatic carbocycles. The number of urea groups is 1. The topological polar surface area (TPSA) is 41.1 Å². The molecule has 0 radical (unpaired) electrons. The fourth-order valence-electron chi connectivity index (χ4n) is 4.44. The summed E-state index contributed by atoms with van der Waals surface area (Å²) in [6.45, 7) is 8.74. The highest BCUT2D eigenvalue weighted by Gasteiger charge is 2.42. The Hall–Kier alpha value is -1.51. The highest BCUT2D eigenvalue weighted by Crippen LogP contribution is 2.49. The summed E-state index contributed by atoms with van der Waals surface area (Å²) < 4.78 is 0. The van der Waals surface area contributed by atoms with E-state index in [9.17, 15) is 4.79 Å². The van der Waals surface area contributed by atoms with E-state index in [0.717, 1.165) is 17.5 Å². The van der Waals surface area contributed by atoms with E-state index in [4.69, 9.17) is 0 Å². The van der Waals surface area contributed by atoms with Gasteiger partial charge in [0.2, 0.25) is 0 Å². The lowest BCUT2D eigenvalue weighted by molar-refractivity contribution is 0.230. The predicted octanol–water partition coefficient (Wildman–Crippen LogP) is 4.93. The van der Waals surface area contributed by atoms with E-state index in [2.05, 4.69) is 50.5 Å². The first-order valence-electron chi connectivity index (χ1n) is 9.01. The number of amides is 2. The van der Waals surface area contributed by atoms with Gasteiger partial charge in [-0.25, -0.2) is 4.79 Å². The van der Waals surface area contributed by atoms with Crippen molar-refractivity contribution >= 4 is 11.7 Å². The molecule has 4 atom stereocenters. The summed E-state index contributed by atoms with van der Waals surface area (Å²) in [7, 11) is 0. The van der Waals surface area contributed by atoms with E-state index in [1.807, 2.05) is 12.1 Å². The van der Waals surface area contributed by atoms with Crippen LogP contribution in [0.25, 0.3) is 0 Å². The lowest BCUT2D eigenvalue weighted by atomic mass is 9.84. The van der Waals surface area contributed by atoms with E-state index in [-0.39, 0.29) is 17.5 Å². The minimum Gasteiger partial charge on any atom is -0.335 e. The van der Waals surface area contributed by atoms with E-state index >= 15 is 0 Å². The second kappa shape index (κ2) is 6.18. The Labute approximate surface area is 140 Å². The Bertz CT molecular complexity index is 558. The number of nitrogens with one attached hydrogen (secondary N) is 2. The molecule has 0 spiro atoms. The van der Waals surface area contributed by atoms with E-state index in [1.54, 1.807) is 0 Å². The van der Waals surface area contributed by atoms with E-state index < -0.39 is 0 Å². The van der Waals surface area contributed by atoms with Crippen LogP contribution in [-0.2, 0) is 5.41 Å². The summed E-state index contributed by atoms with van der Waals surface area (Å²) in [5.74, 6) is 2.42. The predicted molar refractivity (Wildman–Crippen MR) is 95.7 cm³/mol. The molecule has 0 aliphatic heterocycles. The number of carbonyl (C=O) groups excluding carboxylic acids is 1. The molecule has 126 valence electrons. The monoisotopic (exact) mass is 314 g/mol. The molecule has 2 saturated carbocycles. The smallest absolute Gasteiger partial charge is 0.319 e. The van der Waals surface area contributed by atoms with Gasteiger partial charge in [0.1, 0.15) is 0 Å². The lowest BCUT2D eigenvalue weighted by Crippen LogP contribution is -2.42. The van der Waals surface area contributed by atoms with Gasteiger partial charge in [-0.1, -0.05) is 39.3 Å². The minimum atomic E-state index is -0.0798. The van der Waals surface area contributed by atoms with Gasteiger partial charge in [-0.05, 0) is 67.1 Å². The highest BCUT2D eigenvalue weighted by molar-refractivity contribution is 5.89. The number of carbonyl (C=O) groups is 1. The molecule has 2 fully saturated rings. The van der Waals surface area contributed by atoms with Gasteiger partial charge in [0.15, 0.2) is 0 Å². The van der Waals surface area contributed by atoms with Crippen molar-refractivity contribution in [3.8, 4) is 0 Å². The zero-order valence-corrected chi connectivity index (χ0v) is 14.9. The minimum absolute atomic E-state index is 0.0798. The number of fused-ring (bicyclic) bond motifs is 2. The molecule has 4 unspecified atom stereocenters. The van der Waals surface area contributed by atoms with Crippen molar-refractivity contribution in [2.75, 3.05) is 5.32 Å². The molecule has 0 aromatic heterocycles. The maximum absolute atomic E-state index is 12.2. The van der Waals surface area contributed by atoms with Crippen LogP contribution >= 0.6 is 0 Å². The highest BCUT2D eigenvalue weighted by atomic mass is 16.2. The summed E-state index contributed by atoms with van der Waals surface area (Å²) in [5.41, 5.74) is 2.27. The molecule has 0 saturated heterocycles. The van der Waals surface area contributed by atoms with Crippen molar-refractivity contribution < 1.29 is 4.79 Å². The zero-order valence-electron chi connectivity index (χ0n) is 14.9. The number of benzene rings is 1. The second-order valence-corrected chi connectivity index (χ2v) is 8.55. The van der Waals surface area contributed by atoms with E-state index in [0.29, 0.717) is 5.92 Å². The Morgan fingerprint density at radius 1 is 1.13 bits per heavy atom. The molecule has 3 nitrogen and oxygen atoms in total. The molecule has 3 rings (SSSR count). The van der Waals surface area contributed by atoms with Crippen LogP contribution < -0.4 is 10.6 Å². The average molecular weight is 314 g/mol. The Balaban J connectivity index is 1.53. The van der Waals surface area contributed by atoms with Gasteiger partial charge < -0.3 is 10.6 Å². The third-order valence-corrected chi connectivity index (χ3v) is 5.80. The zero-order chi connectivity index (χ0) is 16.6. The molecular weight excluding hydrogens is 284 g/mol. The van der Waals surface area contributed by atoms with Gasteiger partial charge in [-0.3, -0.25) is 0 Å². The third-order valence-electron chi connectivity index (χ3n) is 5.80. The van der Waals surface area contributed by atoms with Crippen LogP contribution in [-0.4, -0.2) is 12.1 Å². The van der Waals surface area contributed by atoms with Gasteiger partial charge in [0.05, 0.1) is 0 Å². The van der Waals surface area contributed by atoms with Crippen molar-refractivity contribution in [1.82, 2.24) is 5.32 Å². The Morgan fingerprint density at radius 2 is 1.83 bits per heavy atom. The van der Waals surface area contributed by atoms with Crippen molar-refractivity contribution in [3.05, 3.63) is 29.8 Å². The van der Waals surface area contributed by atoms with Crippen molar-refractivity contribution in [3.63, 3.8) is 0 Å². The SMILES string of the molecule is CC(NC(=O)Nc1ccc(C(C)(C)C)cc1)C1CC2CCC1C2. The maximum atomic E-state index is 12.2. The molecule has 2 bridgehead atoms. The van der Waals surface area contributed by atoms with Gasteiger partial charge in [-0.2, -0.15) is 0 Å². The lowest BCUT2D eigenvalue weighted by Gasteiger charge is -2.28. The molecule has 2 aliphatic carbocycles. The number of anilines is 1. The molecular formula is C20H30N2O. The van der Waals surface area contributed by atoms with Crippen LogP contribution in [0.4, 0.5) is 10.5 Å². The largest absolute Gasteiger partial charge is 0.335 e. The van der Waals surface area contributed by atoms with Crippen LogP contribution in [0.1, 0.15) is 58.9 Å². The summed E-state index contributed by atoms with van der Waals surface area (Å²) >= 11 is 0. The normalized spacial score (nSPS) is 27.7. The maximum Gasteiger partial charge on any atom is 0.319 e. The first-order valence-corrected chi connectivity index (χ1v) is 9.01. The van der Waals surface area contributed by atoms with Crippen LogP contribution in [0.5, 0.6) is 0 Å². The first kappa shape index (κ1) is 16.4. The molecule has 23 heavy (non-hydrogen) atoms. The van der Waals surface area contributed by atoms with Crippen molar-refractivity contribution in [1.29, 1.82) is 0 Å². The second-order valence-electron chi connectivity index (χ2n) is 8.55. The van der Waals surface area contributed by atoms with E-state index in [1.165, 1.54) is 31.2 Å². The summed E-state index contributed by atoms with van der Waals surface area (Å²) in [6, 6.07) is 8.34. The summed E-state index contributed by atoms with van der Waals surface area (Å²) in [6.07, 6.45) is 5.44. The van der Waals surface area contributed by atoms with Crippen LogP contribution in [0.15, 0.2) is 24.3 Å². The third kappa shape index (κ3) is 3.70. The Morgan fingerprint density at radius 3 is 2.35 bits per heavy atom. The van der Waals surface area contributed by atoms with Crippen LogP contribution in [0.3, 0.4) is 0 Å². The van der Waals surface area contributed by atoms with Crippen LogP contribution in [0, 0.1) is 17.8 Å². The molecule has 0 heterocycles. The van der Waals surface area contributed by atoms with Crippen molar-refractivity contribution in [2.24, 2.45) is 17.8 Å². The molecule has 2 aliphatic rings. The number of hydrogen-bond acceptors (Lipinski definition) is 1. The fourth-order valence-corrected chi connectivity index (χ4v) is 4.44. The fraction of sp³-hybridized carbons (Fsp3) is 0.650. The van der Waals surface area contributed by atoms with Gasteiger partial charge in [0, 0.05) is 11.7 Å². The number of hydrogen-bond donors (Lipinski definition) is 2. The van der Waals surface area contributed by atoms with Crippen molar-refractivity contribution in [2.45, 2.75) is 64.8 Å². The van der Waals surface area contributed by atoms with Gasteiger partial charge in [0.25, 0.3) is 0 Å². The first-order chi connectivity index (χ1) is 10.8. The molecule has 1 aromatic rings. The van der Waals surface area contributed by atoms with Gasteiger partial charge >= 0.3 is 6.03 Å². The Kier molecular flexibility index (Phi) is 4.39. The summed E-state index contributed by atoms with van der Waals surface area (Å²) in [4.78, 5) is 12.2.